The summed E-state index contributed by atoms with van der Waals surface area (Å²) in [6, 6.07) is 5.59. The summed E-state index contributed by atoms with van der Waals surface area (Å²) in [4.78, 5) is 14.8. The van der Waals surface area contributed by atoms with Crippen molar-refractivity contribution in [3.63, 3.8) is 0 Å². The van der Waals surface area contributed by atoms with Gasteiger partial charge in [-0.25, -0.2) is 0 Å². The Bertz CT molecular complexity index is 532. The van der Waals surface area contributed by atoms with E-state index < -0.39 is 0 Å². The number of nitrogens with zero attached hydrogens (tertiary/aromatic N) is 1. The lowest BCUT2D eigenvalue weighted by atomic mass is 9.90. The second-order valence-electron chi connectivity index (χ2n) is 5.75. The van der Waals surface area contributed by atoms with Gasteiger partial charge in [-0.2, -0.15) is 0 Å². The smallest absolute Gasteiger partial charge is 0.258 e. The number of para-hydroxylation sites is 1. The van der Waals surface area contributed by atoms with E-state index in [1.165, 1.54) is 0 Å². The average Bonchev–Trinajstić information content (AvgIpc) is 2.53. The maximum Gasteiger partial charge on any atom is 0.258 e. The summed E-state index contributed by atoms with van der Waals surface area (Å²) in [5.74, 6) is 1.66. The highest BCUT2D eigenvalue weighted by Crippen LogP contribution is 2.35. The molecule has 1 amide bonds. The first-order chi connectivity index (χ1) is 10.2. The number of rotatable bonds is 2. The van der Waals surface area contributed by atoms with Crippen molar-refractivity contribution in [2.45, 2.75) is 25.8 Å². The van der Waals surface area contributed by atoms with E-state index in [9.17, 15) is 4.79 Å². The summed E-state index contributed by atoms with van der Waals surface area (Å²) in [7, 11) is 0. The molecule has 3 rings (SSSR count). The number of carbonyl (C=O) groups excluding carboxylic acids is 1. The Labute approximate surface area is 125 Å². The molecule has 1 saturated heterocycles. The van der Waals surface area contributed by atoms with E-state index in [0.717, 1.165) is 19.4 Å². The molecule has 1 aromatic carbocycles. The van der Waals surface area contributed by atoms with E-state index in [1.807, 2.05) is 23.1 Å². The molecule has 2 unspecified atom stereocenters. The monoisotopic (exact) mass is 290 g/mol. The van der Waals surface area contributed by atoms with Gasteiger partial charge in [0.15, 0.2) is 11.5 Å². The van der Waals surface area contributed by atoms with Crippen molar-refractivity contribution in [1.29, 1.82) is 0 Å². The van der Waals surface area contributed by atoms with Crippen molar-refractivity contribution in [2.75, 3.05) is 26.3 Å². The first kappa shape index (κ1) is 14.2. The Kier molecular flexibility index (Phi) is 4.01. The number of nitrogens with two attached hydrogens (primary N) is 1. The van der Waals surface area contributed by atoms with Gasteiger partial charge in [0.25, 0.3) is 5.91 Å². The fraction of sp³-hybridized carbons (Fsp3) is 0.562. The van der Waals surface area contributed by atoms with Gasteiger partial charge in [0, 0.05) is 19.1 Å². The number of hydrogen-bond donors (Lipinski definition) is 1. The Balaban J connectivity index is 1.91. The zero-order chi connectivity index (χ0) is 14.8. The van der Waals surface area contributed by atoms with Crippen molar-refractivity contribution in [3.8, 4) is 11.5 Å². The Hall–Kier alpha value is -1.75. The van der Waals surface area contributed by atoms with Crippen molar-refractivity contribution in [1.82, 2.24) is 4.90 Å². The molecule has 114 valence electrons. The van der Waals surface area contributed by atoms with E-state index in [0.29, 0.717) is 42.7 Å². The third-order valence-corrected chi connectivity index (χ3v) is 4.41. The van der Waals surface area contributed by atoms with Crippen LogP contribution >= 0.6 is 0 Å². The number of carbonyl (C=O) groups is 1. The quantitative estimate of drug-likeness (QED) is 0.899. The third-order valence-electron chi connectivity index (χ3n) is 4.41. The normalized spacial score (nSPS) is 24.8. The van der Waals surface area contributed by atoms with E-state index in [4.69, 9.17) is 15.2 Å². The standard InChI is InChI=1S/C16H22N2O3/c1-11-4-3-7-18(13(11)10-17)16(19)12-5-2-6-14-15(12)21-9-8-20-14/h2,5-6,11,13H,3-4,7-10,17H2,1H3. The van der Waals surface area contributed by atoms with Gasteiger partial charge >= 0.3 is 0 Å². The zero-order valence-electron chi connectivity index (χ0n) is 12.4. The molecule has 0 spiro atoms. The molecule has 2 heterocycles. The minimum atomic E-state index is -0.000602. The average molecular weight is 290 g/mol. The van der Waals surface area contributed by atoms with E-state index in [2.05, 4.69) is 6.92 Å². The number of fused-ring (bicyclic) bond motifs is 1. The molecule has 5 nitrogen and oxygen atoms in total. The van der Waals surface area contributed by atoms with Gasteiger partial charge in [-0.1, -0.05) is 13.0 Å². The van der Waals surface area contributed by atoms with Gasteiger partial charge in [-0.3, -0.25) is 4.79 Å². The van der Waals surface area contributed by atoms with Crippen LogP contribution in [0.15, 0.2) is 18.2 Å². The third kappa shape index (κ3) is 2.58. The Morgan fingerprint density at radius 2 is 2.19 bits per heavy atom. The lowest BCUT2D eigenvalue weighted by Gasteiger charge is -2.39. The van der Waals surface area contributed by atoms with Gasteiger partial charge < -0.3 is 20.1 Å². The van der Waals surface area contributed by atoms with Crippen LogP contribution < -0.4 is 15.2 Å². The SMILES string of the molecule is CC1CCCN(C(=O)c2cccc3c2OCCO3)C1CN. The molecule has 21 heavy (non-hydrogen) atoms. The molecule has 0 saturated carbocycles. The second kappa shape index (κ2) is 5.93. The number of piperidine rings is 1. The van der Waals surface area contributed by atoms with Crippen LogP contribution in [0, 0.1) is 5.92 Å². The van der Waals surface area contributed by atoms with Crippen molar-refractivity contribution >= 4 is 5.91 Å². The summed E-state index contributed by atoms with van der Waals surface area (Å²) in [6.45, 7) is 4.43. The summed E-state index contributed by atoms with van der Waals surface area (Å²) < 4.78 is 11.2. The van der Waals surface area contributed by atoms with Crippen LogP contribution in [-0.2, 0) is 0 Å². The highest BCUT2D eigenvalue weighted by atomic mass is 16.6. The minimum Gasteiger partial charge on any atom is -0.486 e. The summed E-state index contributed by atoms with van der Waals surface area (Å²) in [5, 5.41) is 0. The predicted molar refractivity (Wildman–Crippen MR) is 79.7 cm³/mol. The van der Waals surface area contributed by atoms with Crippen molar-refractivity contribution < 1.29 is 14.3 Å². The van der Waals surface area contributed by atoms with Crippen LogP contribution in [0.25, 0.3) is 0 Å². The van der Waals surface area contributed by atoms with Crippen LogP contribution in [-0.4, -0.2) is 43.2 Å². The zero-order valence-corrected chi connectivity index (χ0v) is 12.4. The fourth-order valence-electron chi connectivity index (χ4n) is 3.26. The maximum atomic E-state index is 12.9. The highest BCUT2D eigenvalue weighted by molar-refractivity contribution is 5.98. The Morgan fingerprint density at radius 3 is 3.00 bits per heavy atom. The molecule has 2 atom stereocenters. The molecule has 5 heteroatoms. The van der Waals surface area contributed by atoms with E-state index >= 15 is 0 Å². The van der Waals surface area contributed by atoms with Crippen LogP contribution in [0.2, 0.25) is 0 Å². The van der Waals surface area contributed by atoms with Gasteiger partial charge in [0.2, 0.25) is 0 Å². The summed E-state index contributed by atoms with van der Waals surface area (Å²) >= 11 is 0. The molecule has 0 aromatic heterocycles. The maximum absolute atomic E-state index is 12.9. The molecular weight excluding hydrogens is 268 g/mol. The van der Waals surface area contributed by atoms with Crippen molar-refractivity contribution in [3.05, 3.63) is 23.8 Å². The van der Waals surface area contributed by atoms with Gasteiger partial charge in [-0.05, 0) is 30.9 Å². The van der Waals surface area contributed by atoms with Crippen LogP contribution in [0.4, 0.5) is 0 Å². The highest BCUT2D eigenvalue weighted by Gasteiger charge is 2.33. The topological polar surface area (TPSA) is 64.8 Å². The minimum absolute atomic E-state index is 0.000602. The van der Waals surface area contributed by atoms with Gasteiger partial charge in [0.05, 0.1) is 5.56 Å². The fourth-order valence-corrected chi connectivity index (χ4v) is 3.26. The number of amides is 1. The Morgan fingerprint density at radius 1 is 1.38 bits per heavy atom. The second-order valence-corrected chi connectivity index (χ2v) is 5.75. The lowest BCUT2D eigenvalue weighted by molar-refractivity contribution is 0.0524. The van der Waals surface area contributed by atoms with Crippen LogP contribution in [0.1, 0.15) is 30.1 Å². The first-order valence-electron chi connectivity index (χ1n) is 7.62. The number of ether oxygens (including phenoxy) is 2. The molecule has 0 radical (unpaired) electrons. The lowest BCUT2D eigenvalue weighted by Crippen LogP contribution is -2.51. The number of benzene rings is 1. The van der Waals surface area contributed by atoms with E-state index in [-0.39, 0.29) is 11.9 Å². The largest absolute Gasteiger partial charge is 0.486 e. The number of hydrogen-bond acceptors (Lipinski definition) is 4. The summed E-state index contributed by atoms with van der Waals surface area (Å²) in [6.07, 6.45) is 2.15. The molecule has 0 bridgehead atoms. The molecular formula is C16H22N2O3. The predicted octanol–water partition coefficient (Wildman–Crippen LogP) is 1.66. The van der Waals surface area contributed by atoms with Gasteiger partial charge in [0.1, 0.15) is 13.2 Å². The van der Waals surface area contributed by atoms with Gasteiger partial charge in [-0.15, -0.1) is 0 Å². The molecule has 2 N–H and O–H groups in total. The molecule has 2 aliphatic heterocycles. The molecule has 0 aliphatic carbocycles. The first-order valence-corrected chi connectivity index (χ1v) is 7.62. The summed E-state index contributed by atoms with van der Waals surface area (Å²) in [5.41, 5.74) is 6.47. The molecule has 1 aromatic rings. The molecule has 2 aliphatic rings. The van der Waals surface area contributed by atoms with Crippen molar-refractivity contribution in [2.24, 2.45) is 11.7 Å². The number of likely N-dealkylation sites (tertiary alicyclic amines) is 1. The van der Waals surface area contributed by atoms with Crippen LogP contribution in [0.5, 0.6) is 11.5 Å². The van der Waals surface area contributed by atoms with Crippen LogP contribution in [0.3, 0.4) is 0 Å². The molecule has 1 fully saturated rings. The van der Waals surface area contributed by atoms with E-state index in [1.54, 1.807) is 0 Å².